The van der Waals surface area contributed by atoms with E-state index in [2.05, 4.69) is 21.2 Å². The summed E-state index contributed by atoms with van der Waals surface area (Å²) in [6.45, 7) is 0. The van der Waals surface area contributed by atoms with Gasteiger partial charge in [0, 0.05) is 15.5 Å². The van der Waals surface area contributed by atoms with Crippen molar-refractivity contribution in [1.82, 2.24) is 5.32 Å². The van der Waals surface area contributed by atoms with E-state index in [-0.39, 0.29) is 11.9 Å². The minimum absolute atomic E-state index is 0.0311. The number of nitrogens with one attached hydrogen (secondary N) is 1. The maximum absolute atomic E-state index is 13.4. The first-order chi connectivity index (χ1) is 9.10. The van der Waals surface area contributed by atoms with Crippen LogP contribution in [0.25, 0.3) is 0 Å². The van der Waals surface area contributed by atoms with Crippen LogP contribution in [0.15, 0.2) is 46.9 Å². The second kappa shape index (κ2) is 6.51. The van der Waals surface area contributed by atoms with Crippen LogP contribution in [-0.4, -0.2) is 7.05 Å². The molecule has 2 rings (SSSR count). The topological polar surface area (TPSA) is 12.0 Å². The minimum Gasteiger partial charge on any atom is -0.313 e. The molecule has 0 heterocycles. The zero-order valence-corrected chi connectivity index (χ0v) is 12.8. The van der Waals surface area contributed by atoms with Crippen LogP contribution in [0, 0.1) is 5.82 Å². The summed E-state index contributed by atoms with van der Waals surface area (Å²) in [5, 5.41) is 3.93. The summed E-state index contributed by atoms with van der Waals surface area (Å²) in [6.07, 6.45) is 0.749. The lowest BCUT2D eigenvalue weighted by Crippen LogP contribution is -2.19. The van der Waals surface area contributed by atoms with Gasteiger partial charge in [0.25, 0.3) is 0 Å². The van der Waals surface area contributed by atoms with Gasteiger partial charge in [0.05, 0.1) is 0 Å². The van der Waals surface area contributed by atoms with E-state index in [9.17, 15) is 4.39 Å². The maximum Gasteiger partial charge on any atom is 0.123 e. The number of hydrogen-bond acceptors (Lipinski definition) is 1. The molecule has 0 fully saturated rings. The first-order valence-electron chi connectivity index (χ1n) is 5.97. The fourth-order valence-electron chi connectivity index (χ4n) is 2.05. The summed E-state index contributed by atoms with van der Waals surface area (Å²) in [5.41, 5.74) is 2.02. The van der Waals surface area contributed by atoms with E-state index >= 15 is 0 Å². The van der Waals surface area contributed by atoms with Gasteiger partial charge in [-0.1, -0.05) is 39.7 Å². The molecule has 1 atom stereocenters. The van der Waals surface area contributed by atoms with Crippen LogP contribution in [-0.2, 0) is 6.42 Å². The van der Waals surface area contributed by atoms with Crippen LogP contribution in [0.3, 0.4) is 0 Å². The molecule has 19 heavy (non-hydrogen) atoms. The van der Waals surface area contributed by atoms with E-state index < -0.39 is 0 Å². The first-order valence-corrected chi connectivity index (χ1v) is 7.14. The van der Waals surface area contributed by atoms with E-state index in [0.717, 1.165) is 22.0 Å². The molecule has 1 N–H and O–H groups in total. The highest BCUT2D eigenvalue weighted by Gasteiger charge is 2.14. The molecule has 0 aliphatic rings. The van der Waals surface area contributed by atoms with E-state index in [0.29, 0.717) is 5.02 Å². The predicted octanol–water partition coefficient (Wildman–Crippen LogP) is 4.74. The summed E-state index contributed by atoms with van der Waals surface area (Å²) in [5.74, 6) is -0.232. The molecular formula is C15H14BrClFN. The molecule has 0 bridgehead atoms. The van der Waals surface area contributed by atoms with Crippen molar-refractivity contribution in [3.05, 3.63) is 68.9 Å². The predicted molar refractivity (Wildman–Crippen MR) is 81.1 cm³/mol. The van der Waals surface area contributed by atoms with Gasteiger partial charge in [0.1, 0.15) is 5.82 Å². The standard InChI is InChI=1S/C15H14BrClFN/c1-19-15(8-10-3-2-4-11(17)7-10)13-9-12(18)5-6-14(13)16/h2-7,9,15,19H,8H2,1H3. The Kier molecular flexibility index (Phi) is 4.97. The summed E-state index contributed by atoms with van der Waals surface area (Å²) < 4.78 is 14.3. The van der Waals surface area contributed by atoms with Crippen LogP contribution in [0.5, 0.6) is 0 Å². The molecule has 0 amide bonds. The Bertz CT molecular complexity index is 574. The zero-order valence-electron chi connectivity index (χ0n) is 10.5. The molecular weight excluding hydrogens is 329 g/mol. The Balaban J connectivity index is 2.27. The third-order valence-electron chi connectivity index (χ3n) is 3.01. The smallest absolute Gasteiger partial charge is 0.123 e. The van der Waals surface area contributed by atoms with Gasteiger partial charge in [-0.15, -0.1) is 0 Å². The van der Waals surface area contributed by atoms with Crippen molar-refractivity contribution in [1.29, 1.82) is 0 Å². The summed E-state index contributed by atoms with van der Waals surface area (Å²) in [7, 11) is 1.87. The van der Waals surface area contributed by atoms with E-state index in [1.54, 1.807) is 12.1 Å². The fraction of sp³-hybridized carbons (Fsp3) is 0.200. The minimum atomic E-state index is -0.232. The van der Waals surface area contributed by atoms with Gasteiger partial charge >= 0.3 is 0 Å². The Morgan fingerprint density at radius 1 is 1.26 bits per heavy atom. The molecule has 1 unspecified atom stereocenters. The molecule has 0 aromatic heterocycles. The lowest BCUT2D eigenvalue weighted by Gasteiger charge is -2.18. The Labute approximate surface area is 125 Å². The number of halogens is 3. The normalized spacial score (nSPS) is 12.4. The molecule has 4 heteroatoms. The second-order valence-corrected chi connectivity index (χ2v) is 5.63. The monoisotopic (exact) mass is 341 g/mol. The van der Waals surface area contributed by atoms with Gasteiger partial charge in [-0.25, -0.2) is 4.39 Å². The number of likely N-dealkylation sites (N-methyl/N-ethyl adjacent to an activating group) is 1. The largest absolute Gasteiger partial charge is 0.313 e. The molecule has 0 saturated heterocycles. The maximum atomic E-state index is 13.4. The highest BCUT2D eigenvalue weighted by atomic mass is 79.9. The van der Waals surface area contributed by atoms with Gasteiger partial charge in [-0.05, 0) is 54.9 Å². The average molecular weight is 343 g/mol. The molecule has 0 saturated carbocycles. The van der Waals surface area contributed by atoms with Crippen molar-refractivity contribution >= 4 is 27.5 Å². The second-order valence-electron chi connectivity index (χ2n) is 4.34. The highest BCUT2D eigenvalue weighted by molar-refractivity contribution is 9.10. The van der Waals surface area contributed by atoms with Crippen LogP contribution in [0.4, 0.5) is 4.39 Å². The van der Waals surface area contributed by atoms with Crippen LogP contribution in [0.1, 0.15) is 17.2 Å². The van der Waals surface area contributed by atoms with E-state index in [1.807, 2.05) is 31.3 Å². The quantitative estimate of drug-likeness (QED) is 0.846. The fourth-order valence-corrected chi connectivity index (χ4v) is 2.78. The molecule has 1 nitrogen and oxygen atoms in total. The highest BCUT2D eigenvalue weighted by Crippen LogP contribution is 2.27. The van der Waals surface area contributed by atoms with Gasteiger partial charge < -0.3 is 5.32 Å². The van der Waals surface area contributed by atoms with Gasteiger partial charge in [-0.3, -0.25) is 0 Å². The van der Waals surface area contributed by atoms with Crippen LogP contribution >= 0.6 is 27.5 Å². The molecule has 0 aliphatic heterocycles. The van der Waals surface area contributed by atoms with Crippen molar-refractivity contribution in [2.45, 2.75) is 12.5 Å². The van der Waals surface area contributed by atoms with E-state index in [1.165, 1.54) is 6.07 Å². The van der Waals surface area contributed by atoms with E-state index in [4.69, 9.17) is 11.6 Å². The Hall–Kier alpha value is -0.900. The van der Waals surface area contributed by atoms with Crippen molar-refractivity contribution in [2.75, 3.05) is 7.05 Å². The molecule has 0 aliphatic carbocycles. The molecule has 100 valence electrons. The van der Waals surface area contributed by atoms with Gasteiger partial charge in [-0.2, -0.15) is 0 Å². The summed E-state index contributed by atoms with van der Waals surface area (Å²) >= 11 is 9.45. The van der Waals surface area contributed by atoms with Gasteiger partial charge in [0.2, 0.25) is 0 Å². The lowest BCUT2D eigenvalue weighted by atomic mass is 9.99. The number of benzene rings is 2. The molecule has 2 aromatic rings. The molecule has 0 spiro atoms. The van der Waals surface area contributed by atoms with Crippen LogP contribution < -0.4 is 5.32 Å². The van der Waals surface area contributed by atoms with Crippen molar-refractivity contribution < 1.29 is 4.39 Å². The Morgan fingerprint density at radius 3 is 2.74 bits per heavy atom. The number of rotatable bonds is 4. The van der Waals surface area contributed by atoms with Gasteiger partial charge in [0.15, 0.2) is 0 Å². The van der Waals surface area contributed by atoms with Crippen LogP contribution in [0.2, 0.25) is 5.02 Å². The molecule has 2 aromatic carbocycles. The average Bonchev–Trinajstić information content (AvgIpc) is 2.39. The first kappa shape index (κ1) is 14.5. The van der Waals surface area contributed by atoms with Crippen molar-refractivity contribution in [3.63, 3.8) is 0 Å². The summed E-state index contributed by atoms with van der Waals surface area (Å²) in [4.78, 5) is 0. The summed E-state index contributed by atoms with van der Waals surface area (Å²) in [6, 6.07) is 12.5. The SMILES string of the molecule is CNC(Cc1cccc(Cl)c1)c1cc(F)ccc1Br. The Morgan fingerprint density at radius 2 is 2.05 bits per heavy atom. The third-order valence-corrected chi connectivity index (χ3v) is 3.97. The molecule has 0 radical (unpaired) electrons. The lowest BCUT2D eigenvalue weighted by molar-refractivity contribution is 0.575. The third kappa shape index (κ3) is 3.78. The number of hydrogen-bond donors (Lipinski definition) is 1. The van der Waals surface area contributed by atoms with Crippen molar-refractivity contribution in [3.8, 4) is 0 Å². The van der Waals surface area contributed by atoms with Crippen molar-refractivity contribution in [2.24, 2.45) is 0 Å². The zero-order chi connectivity index (χ0) is 13.8.